The Bertz CT molecular complexity index is 522. The molecule has 0 radical (unpaired) electrons. The molecule has 0 spiro atoms. The van der Waals surface area contributed by atoms with E-state index in [0.29, 0.717) is 18.4 Å². The van der Waals surface area contributed by atoms with Crippen LogP contribution in [0.5, 0.6) is 0 Å². The molecule has 0 aliphatic heterocycles. The van der Waals surface area contributed by atoms with Crippen molar-refractivity contribution in [2.75, 3.05) is 0 Å². The van der Waals surface area contributed by atoms with Gasteiger partial charge in [-0.1, -0.05) is 22.0 Å². The largest absolute Gasteiger partial charge is 0.481 e. The SMILES string of the molecule is Cc1ccc(Br)cc1C(=O)NC1CCC(C(=O)O)CC1. The number of hydrogen-bond acceptors (Lipinski definition) is 2. The number of nitrogens with one attached hydrogen (secondary N) is 1. The monoisotopic (exact) mass is 339 g/mol. The maximum atomic E-state index is 12.3. The Morgan fingerprint density at radius 2 is 1.90 bits per heavy atom. The van der Waals surface area contributed by atoms with Gasteiger partial charge in [0.05, 0.1) is 5.92 Å². The van der Waals surface area contributed by atoms with Crippen molar-refractivity contribution in [2.45, 2.75) is 38.6 Å². The Hall–Kier alpha value is -1.36. The smallest absolute Gasteiger partial charge is 0.306 e. The first-order chi connectivity index (χ1) is 9.47. The first-order valence-corrected chi connectivity index (χ1v) is 7.56. The number of amides is 1. The van der Waals surface area contributed by atoms with E-state index < -0.39 is 5.97 Å². The zero-order valence-electron chi connectivity index (χ0n) is 11.4. The van der Waals surface area contributed by atoms with Gasteiger partial charge in [0.25, 0.3) is 5.91 Å². The van der Waals surface area contributed by atoms with Crippen molar-refractivity contribution in [1.29, 1.82) is 0 Å². The van der Waals surface area contributed by atoms with Gasteiger partial charge >= 0.3 is 5.97 Å². The Morgan fingerprint density at radius 1 is 1.25 bits per heavy atom. The quantitative estimate of drug-likeness (QED) is 0.888. The number of rotatable bonds is 3. The maximum absolute atomic E-state index is 12.3. The van der Waals surface area contributed by atoms with Gasteiger partial charge in [-0.25, -0.2) is 0 Å². The molecule has 0 saturated heterocycles. The first kappa shape index (κ1) is 15.0. The summed E-state index contributed by atoms with van der Waals surface area (Å²) in [4.78, 5) is 23.1. The number of carboxylic acids is 1. The number of carboxylic acid groups (broad SMARTS) is 1. The van der Waals surface area contributed by atoms with Crippen LogP contribution in [0.2, 0.25) is 0 Å². The van der Waals surface area contributed by atoms with E-state index in [2.05, 4.69) is 21.2 Å². The summed E-state index contributed by atoms with van der Waals surface area (Å²) >= 11 is 3.37. The molecule has 0 heterocycles. The molecule has 1 aromatic carbocycles. The Kier molecular flexibility index (Phi) is 4.81. The fourth-order valence-electron chi connectivity index (χ4n) is 2.59. The van der Waals surface area contributed by atoms with Gasteiger partial charge in [-0.3, -0.25) is 9.59 Å². The van der Waals surface area contributed by atoms with Crippen LogP contribution in [-0.2, 0) is 4.79 Å². The van der Waals surface area contributed by atoms with E-state index in [1.807, 2.05) is 25.1 Å². The zero-order valence-corrected chi connectivity index (χ0v) is 12.9. The lowest BCUT2D eigenvalue weighted by Crippen LogP contribution is -2.39. The molecule has 1 aliphatic carbocycles. The van der Waals surface area contributed by atoms with Crippen LogP contribution in [0.15, 0.2) is 22.7 Å². The van der Waals surface area contributed by atoms with Crippen LogP contribution >= 0.6 is 15.9 Å². The van der Waals surface area contributed by atoms with E-state index >= 15 is 0 Å². The van der Waals surface area contributed by atoms with E-state index in [1.54, 1.807) is 0 Å². The summed E-state index contributed by atoms with van der Waals surface area (Å²) in [7, 11) is 0. The van der Waals surface area contributed by atoms with Gasteiger partial charge in [-0.2, -0.15) is 0 Å². The van der Waals surface area contributed by atoms with E-state index in [0.717, 1.165) is 22.9 Å². The Labute approximate surface area is 126 Å². The van der Waals surface area contributed by atoms with Crippen LogP contribution in [0.4, 0.5) is 0 Å². The molecule has 1 aromatic rings. The van der Waals surface area contributed by atoms with Crippen molar-refractivity contribution >= 4 is 27.8 Å². The summed E-state index contributed by atoms with van der Waals surface area (Å²) in [6, 6.07) is 5.70. The molecule has 0 bridgehead atoms. The molecule has 0 unspecified atom stereocenters. The standard InChI is InChI=1S/C15H18BrNO3/c1-9-2-5-11(16)8-13(9)14(18)17-12-6-3-10(4-7-12)15(19)20/h2,5,8,10,12H,3-4,6-7H2,1H3,(H,17,18)(H,19,20). The predicted octanol–water partition coefficient (Wildman–Crippen LogP) is 3.13. The predicted molar refractivity (Wildman–Crippen MR) is 79.7 cm³/mol. The van der Waals surface area contributed by atoms with Gasteiger partial charge in [0.1, 0.15) is 0 Å². The summed E-state index contributed by atoms with van der Waals surface area (Å²) in [5.74, 6) is -1.06. The second-order valence-electron chi connectivity index (χ2n) is 5.32. The fraction of sp³-hybridized carbons (Fsp3) is 0.467. The van der Waals surface area contributed by atoms with Gasteiger partial charge < -0.3 is 10.4 Å². The Morgan fingerprint density at radius 3 is 2.50 bits per heavy atom. The van der Waals surface area contributed by atoms with E-state index in [-0.39, 0.29) is 17.9 Å². The third-order valence-corrected chi connectivity index (χ3v) is 4.35. The molecular formula is C15H18BrNO3. The summed E-state index contributed by atoms with van der Waals surface area (Å²) < 4.78 is 0.878. The molecular weight excluding hydrogens is 322 g/mol. The molecule has 1 fully saturated rings. The van der Waals surface area contributed by atoms with Crippen LogP contribution in [0, 0.1) is 12.8 Å². The number of hydrogen-bond donors (Lipinski definition) is 2. The lowest BCUT2D eigenvalue weighted by Gasteiger charge is -2.27. The van der Waals surface area contributed by atoms with E-state index in [9.17, 15) is 9.59 Å². The third kappa shape index (κ3) is 3.60. The second kappa shape index (κ2) is 6.39. The zero-order chi connectivity index (χ0) is 14.7. The lowest BCUT2D eigenvalue weighted by molar-refractivity contribution is -0.142. The number of carbonyl (C=O) groups excluding carboxylic acids is 1. The van der Waals surface area contributed by atoms with Crippen molar-refractivity contribution in [1.82, 2.24) is 5.32 Å². The minimum Gasteiger partial charge on any atom is -0.481 e. The van der Waals surface area contributed by atoms with Crippen molar-refractivity contribution in [3.05, 3.63) is 33.8 Å². The van der Waals surface area contributed by atoms with Crippen LogP contribution in [0.25, 0.3) is 0 Å². The van der Waals surface area contributed by atoms with Crippen molar-refractivity contribution < 1.29 is 14.7 Å². The first-order valence-electron chi connectivity index (χ1n) is 6.77. The van der Waals surface area contributed by atoms with E-state index in [4.69, 9.17) is 5.11 Å². The van der Waals surface area contributed by atoms with Crippen molar-refractivity contribution in [3.63, 3.8) is 0 Å². The molecule has 4 nitrogen and oxygen atoms in total. The highest BCUT2D eigenvalue weighted by atomic mass is 79.9. The van der Waals surface area contributed by atoms with Gasteiger partial charge in [-0.15, -0.1) is 0 Å². The molecule has 1 saturated carbocycles. The summed E-state index contributed by atoms with van der Waals surface area (Å²) in [6.07, 6.45) is 2.74. The minimum absolute atomic E-state index is 0.0801. The number of aryl methyl sites for hydroxylation is 1. The van der Waals surface area contributed by atoms with Gasteiger partial charge in [0, 0.05) is 16.1 Å². The Balaban J connectivity index is 1.96. The highest BCUT2D eigenvalue weighted by Gasteiger charge is 2.27. The second-order valence-corrected chi connectivity index (χ2v) is 6.24. The summed E-state index contributed by atoms with van der Waals surface area (Å²) in [5, 5.41) is 12.0. The highest BCUT2D eigenvalue weighted by molar-refractivity contribution is 9.10. The number of benzene rings is 1. The molecule has 0 aromatic heterocycles. The number of aliphatic carboxylic acids is 1. The molecule has 5 heteroatoms. The van der Waals surface area contributed by atoms with Crippen LogP contribution in [0.3, 0.4) is 0 Å². The van der Waals surface area contributed by atoms with Crippen LogP contribution in [0.1, 0.15) is 41.6 Å². The summed E-state index contributed by atoms with van der Waals surface area (Å²) in [5.41, 5.74) is 1.60. The third-order valence-electron chi connectivity index (χ3n) is 3.86. The molecule has 0 atom stereocenters. The minimum atomic E-state index is -0.724. The van der Waals surface area contributed by atoms with Crippen LogP contribution < -0.4 is 5.32 Å². The topological polar surface area (TPSA) is 66.4 Å². The average molecular weight is 340 g/mol. The molecule has 1 amide bonds. The van der Waals surface area contributed by atoms with Crippen molar-refractivity contribution in [2.24, 2.45) is 5.92 Å². The number of carbonyl (C=O) groups is 2. The van der Waals surface area contributed by atoms with Gasteiger partial charge in [0.2, 0.25) is 0 Å². The van der Waals surface area contributed by atoms with Crippen molar-refractivity contribution in [3.8, 4) is 0 Å². The van der Waals surface area contributed by atoms with E-state index in [1.165, 1.54) is 0 Å². The molecule has 2 N–H and O–H groups in total. The highest BCUT2D eigenvalue weighted by Crippen LogP contribution is 2.25. The molecule has 1 aliphatic rings. The van der Waals surface area contributed by atoms with Gasteiger partial charge in [0.15, 0.2) is 0 Å². The maximum Gasteiger partial charge on any atom is 0.306 e. The summed E-state index contributed by atoms with van der Waals surface area (Å²) in [6.45, 7) is 1.91. The lowest BCUT2D eigenvalue weighted by atomic mass is 9.86. The average Bonchev–Trinajstić information content (AvgIpc) is 2.42. The normalized spacial score (nSPS) is 22.3. The number of halogens is 1. The molecule has 2 rings (SSSR count). The molecule has 20 heavy (non-hydrogen) atoms. The van der Waals surface area contributed by atoms with Crippen LogP contribution in [-0.4, -0.2) is 23.0 Å². The fourth-order valence-corrected chi connectivity index (χ4v) is 2.95. The molecule has 108 valence electrons. The van der Waals surface area contributed by atoms with Gasteiger partial charge in [-0.05, 0) is 50.3 Å².